The molecule has 1 aromatic carbocycles. The molecule has 0 atom stereocenters. The van der Waals surface area contributed by atoms with Crippen LogP contribution in [0.25, 0.3) is 0 Å². The van der Waals surface area contributed by atoms with Gasteiger partial charge in [-0.15, -0.1) is 11.8 Å². The molecule has 0 amide bonds. The summed E-state index contributed by atoms with van der Waals surface area (Å²) in [5.74, 6) is 1.25. The van der Waals surface area contributed by atoms with E-state index in [1.807, 2.05) is 18.2 Å². The molecule has 0 heterocycles. The fraction of sp³-hybridized carbons (Fsp3) is 0.250. The third-order valence-corrected chi connectivity index (χ3v) is 2.62. The summed E-state index contributed by atoms with van der Waals surface area (Å²) in [5, 5.41) is 9.35. The number of phenolic OH excluding ortho intramolecular Hbond substituents is 1. The summed E-state index contributed by atoms with van der Waals surface area (Å²) in [6, 6.07) is 7.32. The summed E-state index contributed by atoms with van der Waals surface area (Å²) in [6.07, 6.45) is 0. The number of benzene rings is 1. The number of hydrogen-bond acceptors (Lipinski definition) is 4. The largest absolute Gasteiger partial charge is 0.507 e. The number of rotatable bonds is 4. The van der Waals surface area contributed by atoms with Gasteiger partial charge in [-0.05, 0) is 12.1 Å². The summed E-state index contributed by atoms with van der Waals surface area (Å²) in [4.78, 5) is 0.918. The molecular weight excluding hydrogens is 190 g/mol. The van der Waals surface area contributed by atoms with Gasteiger partial charge < -0.3 is 5.11 Å². The van der Waals surface area contributed by atoms with E-state index in [4.69, 9.17) is 0 Å². The number of nitrogens with one attached hydrogen (secondary N) is 1. The van der Waals surface area contributed by atoms with E-state index >= 15 is 0 Å². The van der Waals surface area contributed by atoms with Crippen LogP contribution in [-0.4, -0.2) is 17.4 Å². The minimum absolute atomic E-state index is 0.349. The standard InChI is InChI=1S/C8H11NOS2/c10-7-3-1-2-4-8(7)12-6-5-9-11/h1-4,9-11H,5-6H2. The molecule has 1 rings (SSSR count). The van der Waals surface area contributed by atoms with Crippen LogP contribution in [0.1, 0.15) is 0 Å². The van der Waals surface area contributed by atoms with Gasteiger partial charge in [0.15, 0.2) is 0 Å². The van der Waals surface area contributed by atoms with Gasteiger partial charge in [-0.25, -0.2) is 0 Å². The number of aromatic hydroxyl groups is 1. The smallest absolute Gasteiger partial charge is 0.129 e. The number of thioether (sulfide) groups is 1. The molecule has 0 bridgehead atoms. The van der Waals surface area contributed by atoms with Crippen molar-refractivity contribution in [2.24, 2.45) is 0 Å². The van der Waals surface area contributed by atoms with Gasteiger partial charge in [0.2, 0.25) is 0 Å². The molecule has 0 aromatic heterocycles. The molecular formula is C8H11NOS2. The Kier molecular flexibility index (Phi) is 4.35. The lowest BCUT2D eigenvalue weighted by molar-refractivity contribution is 0.462. The van der Waals surface area contributed by atoms with Crippen LogP contribution < -0.4 is 4.72 Å². The van der Waals surface area contributed by atoms with E-state index in [-0.39, 0.29) is 0 Å². The second-order valence-corrected chi connectivity index (χ2v) is 3.68. The predicted octanol–water partition coefficient (Wildman–Crippen LogP) is 1.92. The topological polar surface area (TPSA) is 32.3 Å². The Bertz CT molecular complexity index is 242. The molecule has 12 heavy (non-hydrogen) atoms. The van der Waals surface area contributed by atoms with Crippen LogP contribution in [0, 0.1) is 0 Å². The van der Waals surface area contributed by atoms with E-state index in [1.165, 1.54) is 0 Å². The van der Waals surface area contributed by atoms with Gasteiger partial charge in [0.1, 0.15) is 5.75 Å². The second kappa shape index (κ2) is 5.35. The maximum atomic E-state index is 9.35. The van der Waals surface area contributed by atoms with Crippen molar-refractivity contribution >= 4 is 24.6 Å². The summed E-state index contributed by atoms with van der Waals surface area (Å²) in [5.41, 5.74) is 0. The average molecular weight is 201 g/mol. The number of thiol groups is 1. The maximum Gasteiger partial charge on any atom is 0.129 e. The number of para-hydroxylation sites is 1. The van der Waals surface area contributed by atoms with E-state index in [0.29, 0.717) is 5.75 Å². The van der Waals surface area contributed by atoms with Crippen molar-refractivity contribution in [1.29, 1.82) is 0 Å². The number of hydrogen-bond donors (Lipinski definition) is 3. The van der Waals surface area contributed by atoms with Crippen molar-refractivity contribution in [3.05, 3.63) is 24.3 Å². The first-order valence-corrected chi connectivity index (χ1v) is 5.05. The Morgan fingerprint density at radius 1 is 1.42 bits per heavy atom. The van der Waals surface area contributed by atoms with Gasteiger partial charge in [-0.2, -0.15) is 0 Å². The van der Waals surface area contributed by atoms with Crippen molar-refractivity contribution in [2.75, 3.05) is 12.3 Å². The van der Waals surface area contributed by atoms with Crippen LogP contribution in [0.15, 0.2) is 29.2 Å². The Labute approximate surface area is 81.9 Å². The van der Waals surface area contributed by atoms with Crippen LogP contribution in [-0.2, 0) is 0 Å². The molecule has 2 nitrogen and oxygen atoms in total. The van der Waals surface area contributed by atoms with Crippen molar-refractivity contribution < 1.29 is 5.11 Å². The zero-order chi connectivity index (χ0) is 8.81. The van der Waals surface area contributed by atoms with E-state index in [2.05, 4.69) is 17.5 Å². The fourth-order valence-corrected chi connectivity index (χ4v) is 1.86. The van der Waals surface area contributed by atoms with E-state index in [1.54, 1.807) is 17.8 Å². The van der Waals surface area contributed by atoms with E-state index < -0.39 is 0 Å². The van der Waals surface area contributed by atoms with Gasteiger partial charge >= 0.3 is 0 Å². The molecule has 2 N–H and O–H groups in total. The molecule has 0 radical (unpaired) electrons. The third-order valence-electron chi connectivity index (χ3n) is 1.34. The normalized spacial score (nSPS) is 10.1. The first-order chi connectivity index (χ1) is 5.84. The minimum Gasteiger partial charge on any atom is -0.507 e. The van der Waals surface area contributed by atoms with E-state index in [9.17, 15) is 5.11 Å². The van der Waals surface area contributed by atoms with Gasteiger partial charge in [0.25, 0.3) is 0 Å². The second-order valence-electron chi connectivity index (χ2n) is 2.22. The van der Waals surface area contributed by atoms with Gasteiger partial charge in [-0.3, -0.25) is 4.72 Å². The monoisotopic (exact) mass is 201 g/mol. The molecule has 1 aromatic rings. The molecule has 0 aliphatic heterocycles. The Balaban J connectivity index is 2.46. The highest BCUT2D eigenvalue weighted by atomic mass is 32.2. The molecule has 4 heteroatoms. The minimum atomic E-state index is 0.349. The quantitative estimate of drug-likeness (QED) is 0.395. The van der Waals surface area contributed by atoms with Crippen molar-refractivity contribution in [3.8, 4) is 5.75 Å². The zero-order valence-corrected chi connectivity index (χ0v) is 8.24. The molecule has 0 spiro atoms. The summed E-state index contributed by atoms with van der Waals surface area (Å²) < 4.78 is 2.75. The molecule has 66 valence electrons. The van der Waals surface area contributed by atoms with Gasteiger partial charge in [0.05, 0.1) is 0 Å². The maximum absolute atomic E-state index is 9.35. The highest BCUT2D eigenvalue weighted by Gasteiger charge is 1.98. The molecule has 0 fully saturated rings. The lowest BCUT2D eigenvalue weighted by Crippen LogP contribution is -2.03. The average Bonchev–Trinajstić information content (AvgIpc) is 2.09. The summed E-state index contributed by atoms with van der Waals surface area (Å²) >= 11 is 5.48. The number of phenols is 1. The molecule has 0 saturated carbocycles. The summed E-state index contributed by atoms with van der Waals surface area (Å²) in [6.45, 7) is 0.822. The SMILES string of the molecule is Oc1ccccc1SCCNS. The van der Waals surface area contributed by atoms with Crippen LogP contribution in [0.3, 0.4) is 0 Å². The Morgan fingerprint density at radius 3 is 2.83 bits per heavy atom. The summed E-state index contributed by atoms with van der Waals surface area (Å²) in [7, 11) is 0. The van der Waals surface area contributed by atoms with Crippen LogP contribution in [0.5, 0.6) is 5.75 Å². The van der Waals surface area contributed by atoms with Crippen LogP contribution >= 0.6 is 24.6 Å². The van der Waals surface area contributed by atoms with Gasteiger partial charge in [-0.1, -0.05) is 24.9 Å². The van der Waals surface area contributed by atoms with E-state index in [0.717, 1.165) is 17.2 Å². The van der Waals surface area contributed by atoms with Gasteiger partial charge in [0, 0.05) is 17.2 Å². The Morgan fingerprint density at radius 2 is 2.17 bits per heavy atom. The first-order valence-electron chi connectivity index (χ1n) is 3.62. The molecule has 0 aliphatic carbocycles. The highest BCUT2D eigenvalue weighted by molar-refractivity contribution is 7.99. The van der Waals surface area contributed by atoms with Crippen molar-refractivity contribution in [1.82, 2.24) is 4.72 Å². The van der Waals surface area contributed by atoms with Crippen molar-refractivity contribution in [3.63, 3.8) is 0 Å². The lowest BCUT2D eigenvalue weighted by atomic mass is 10.3. The Hall–Kier alpha value is -0.320. The highest BCUT2D eigenvalue weighted by Crippen LogP contribution is 2.26. The molecule has 0 unspecified atom stereocenters. The zero-order valence-electron chi connectivity index (χ0n) is 6.53. The fourth-order valence-electron chi connectivity index (χ4n) is 0.786. The molecule has 0 saturated heterocycles. The first kappa shape index (κ1) is 9.77. The van der Waals surface area contributed by atoms with Crippen LogP contribution in [0.4, 0.5) is 0 Å². The predicted molar refractivity (Wildman–Crippen MR) is 55.8 cm³/mol. The van der Waals surface area contributed by atoms with Crippen molar-refractivity contribution in [2.45, 2.75) is 4.90 Å². The molecule has 0 aliphatic rings. The lowest BCUT2D eigenvalue weighted by Gasteiger charge is -2.02. The van der Waals surface area contributed by atoms with Crippen LogP contribution in [0.2, 0.25) is 0 Å². The third kappa shape index (κ3) is 2.97.